The van der Waals surface area contributed by atoms with E-state index in [9.17, 15) is 10.1 Å². The van der Waals surface area contributed by atoms with Crippen LogP contribution >= 0.6 is 0 Å². The molecule has 0 unspecified atom stereocenters. The molecule has 1 amide bonds. The highest BCUT2D eigenvalue weighted by Crippen LogP contribution is 2.37. The Morgan fingerprint density at radius 2 is 2.27 bits per heavy atom. The van der Waals surface area contributed by atoms with Crippen LogP contribution < -0.4 is 10.1 Å². The molecular formula is C23H29N5O2. The summed E-state index contributed by atoms with van der Waals surface area (Å²) in [7, 11) is 1.88. The average Bonchev–Trinajstić information content (AvgIpc) is 3.45. The van der Waals surface area contributed by atoms with Crippen molar-refractivity contribution in [3.8, 4) is 23.1 Å². The molecule has 1 aromatic carbocycles. The number of ether oxygens (including phenoxy) is 1. The van der Waals surface area contributed by atoms with Crippen LogP contribution in [0.5, 0.6) is 5.75 Å². The number of nitrogens with one attached hydrogen (secondary N) is 1. The van der Waals surface area contributed by atoms with Crippen molar-refractivity contribution in [3.63, 3.8) is 0 Å². The standard InChI is InChI=1S/C23H29N5O2/c1-4-15(2)13-30-22-9-16(5-7-19(22)17-11-25-27(3)12-17)23(29)26-20-10-18-6-8-21(20)28(18)14-24/h5,7,9,11-12,15,18,20-21H,4,6,8,10,13H2,1-3H3,(H,26,29)/t15-,18+,20-,21-/m1/s1. The van der Waals surface area contributed by atoms with E-state index in [0.29, 0.717) is 23.8 Å². The van der Waals surface area contributed by atoms with E-state index in [1.165, 1.54) is 0 Å². The summed E-state index contributed by atoms with van der Waals surface area (Å²) in [6.07, 6.45) is 9.91. The minimum absolute atomic E-state index is 0.0263. The summed E-state index contributed by atoms with van der Waals surface area (Å²) in [5.41, 5.74) is 2.47. The Hall–Kier alpha value is -3.01. The predicted molar refractivity (Wildman–Crippen MR) is 114 cm³/mol. The SMILES string of the molecule is CC[C@@H](C)COc1cc(C(=O)N[C@@H]2C[C@@H]3CC[C@H]2N3C#N)ccc1-c1cnn(C)c1. The van der Waals surface area contributed by atoms with Gasteiger partial charge in [0.1, 0.15) is 5.75 Å². The van der Waals surface area contributed by atoms with Crippen LogP contribution in [0.15, 0.2) is 30.6 Å². The van der Waals surface area contributed by atoms with E-state index in [0.717, 1.165) is 36.8 Å². The molecule has 2 saturated heterocycles. The number of fused-ring (bicyclic) bond motifs is 2. The number of aromatic nitrogens is 2. The Morgan fingerprint density at radius 1 is 1.43 bits per heavy atom. The lowest BCUT2D eigenvalue weighted by Crippen LogP contribution is -2.43. The Kier molecular flexibility index (Phi) is 5.67. The maximum Gasteiger partial charge on any atom is 0.251 e. The molecule has 3 heterocycles. The van der Waals surface area contributed by atoms with E-state index in [-0.39, 0.29) is 24.0 Å². The first-order valence-corrected chi connectivity index (χ1v) is 10.7. The van der Waals surface area contributed by atoms with Crippen LogP contribution in [-0.4, -0.2) is 45.3 Å². The zero-order chi connectivity index (χ0) is 21.3. The molecule has 2 bridgehead atoms. The summed E-state index contributed by atoms with van der Waals surface area (Å²) < 4.78 is 7.88. The van der Waals surface area contributed by atoms with E-state index in [4.69, 9.17) is 4.74 Å². The van der Waals surface area contributed by atoms with Crippen molar-refractivity contribution in [2.24, 2.45) is 13.0 Å². The average molecular weight is 408 g/mol. The number of amides is 1. The van der Waals surface area contributed by atoms with Crippen molar-refractivity contribution in [3.05, 3.63) is 36.2 Å². The topological polar surface area (TPSA) is 83.2 Å². The normalized spacial score (nSPS) is 23.3. The zero-order valence-corrected chi connectivity index (χ0v) is 17.8. The number of benzene rings is 1. The van der Waals surface area contributed by atoms with Gasteiger partial charge in [0, 0.05) is 36.0 Å². The summed E-state index contributed by atoms with van der Waals surface area (Å²) >= 11 is 0. The Labute approximate surface area is 177 Å². The predicted octanol–water partition coefficient (Wildman–Crippen LogP) is 3.33. The van der Waals surface area contributed by atoms with Crippen molar-refractivity contribution >= 4 is 5.91 Å². The molecule has 30 heavy (non-hydrogen) atoms. The van der Waals surface area contributed by atoms with Crippen LogP contribution in [-0.2, 0) is 7.05 Å². The molecule has 0 radical (unpaired) electrons. The smallest absolute Gasteiger partial charge is 0.251 e. The number of nitrogens with zero attached hydrogens (tertiary/aromatic N) is 4. The fraction of sp³-hybridized carbons (Fsp3) is 0.522. The molecule has 0 saturated carbocycles. The highest BCUT2D eigenvalue weighted by molar-refractivity contribution is 5.96. The summed E-state index contributed by atoms with van der Waals surface area (Å²) in [6.45, 7) is 4.88. The Morgan fingerprint density at radius 3 is 2.93 bits per heavy atom. The van der Waals surface area contributed by atoms with Crippen LogP contribution in [0.2, 0.25) is 0 Å². The van der Waals surface area contributed by atoms with Gasteiger partial charge < -0.3 is 15.0 Å². The summed E-state index contributed by atoms with van der Waals surface area (Å²) in [4.78, 5) is 14.8. The second kappa shape index (κ2) is 8.39. The molecule has 2 fully saturated rings. The minimum Gasteiger partial charge on any atom is -0.493 e. The third-order valence-corrected chi connectivity index (χ3v) is 6.45. The van der Waals surface area contributed by atoms with Crippen LogP contribution in [0, 0.1) is 17.4 Å². The summed E-state index contributed by atoms with van der Waals surface area (Å²) in [5, 5.41) is 16.8. The monoisotopic (exact) mass is 407 g/mol. The number of nitriles is 1. The molecule has 158 valence electrons. The fourth-order valence-electron chi connectivity index (χ4n) is 4.48. The number of carbonyl (C=O) groups is 1. The van der Waals surface area contributed by atoms with Crippen LogP contribution in [0.3, 0.4) is 0 Å². The lowest BCUT2D eigenvalue weighted by Gasteiger charge is -2.22. The lowest BCUT2D eigenvalue weighted by molar-refractivity contribution is 0.0928. The molecule has 7 nitrogen and oxygen atoms in total. The van der Waals surface area contributed by atoms with Crippen molar-refractivity contribution in [1.29, 1.82) is 5.26 Å². The van der Waals surface area contributed by atoms with Gasteiger partial charge in [-0.05, 0) is 43.4 Å². The number of carbonyl (C=O) groups excluding carboxylic acids is 1. The van der Waals surface area contributed by atoms with Gasteiger partial charge in [0.05, 0.1) is 24.9 Å². The van der Waals surface area contributed by atoms with Gasteiger partial charge >= 0.3 is 0 Å². The quantitative estimate of drug-likeness (QED) is 0.712. The maximum absolute atomic E-state index is 13.0. The number of hydrogen-bond acceptors (Lipinski definition) is 5. The van der Waals surface area contributed by atoms with Gasteiger partial charge in [0.15, 0.2) is 6.19 Å². The Bertz CT molecular complexity index is 963. The highest BCUT2D eigenvalue weighted by Gasteiger charge is 2.46. The highest BCUT2D eigenvalue weighted by atomic mass is 16.5. The van der Waals surface area contributed by atoms with E-state index < -0.39 is 0 Å². The fourth-order valence-corrected chi connectivity index (χ4v) is 4.48. The third kappa shape index (κ3) is 3.87. The first kappa shape index (κ1) is 20.3. The van der Waals surface area contributed by atoms with Gasteiger partial charge in [-0.25, -0.2) is 0 Å². The number of hydrogen-bond donors (Lipinski definition) is 1. The molecule has 0 spiro atoms. The lowest BCUT2D eigenvalue weighted by atomic mass is 9.95. The summed E-state index contributed by atoms with van der Waals surface area (Å²) in [5.74, 6) is 1.01. The molecule has 4 rings (SSSR count). The van der Waals surface area contributed by atoms with Crippen molar-refractivity contribution < 1.29 is 9.53 Å². The van der Waals surface area contributed by atoms with Gasteiger partial charge in [0.25, 0.3) is 5.91 Å². The van der Waals surface area contributed by atoms with Crippen molar-refractivity contribution in [1.82, 2.24) is 20.0 Å². The molecule has 2 aliphatic heterocycles. The Balaban J connectivity index is 1.54. The maximum atomic E-state index is 13.0. The molecule has 2 aliphatic rings. The first-order chi connectivity index (χ1) is 14.5. The second-order valence-corrected chi connectivity index (χ2v) is 8.56. The van der Waals surface area contributed by atoms with Crippen LogP contribution in [0.4, 0.5) is 0 Å². The molecule has 7 heteroatoms. The zero-order valence-electron chi connectivity index (χ0n) is 17.8. The van der Waals surface area contributed by atoms with Crippen molar-refractivity contribution in [2.75, 3.05) is 6.61 Å². The van der Waals surface area contributed by atoms with E-state index in [2.05, 4.69) is 30.5 Å². The first-order valence-electron chi connectivity index (χ1n) is 10.7. The largest absolute Gasteiger partial charge is 0.493 e. The molecule has 2 aromatic rings. The molecular weight excluding hydrogens is 378 g/mol. The van der Waals surface area contributed by atoms with Crippen molar-refractivity contribution in [2.45, 2.75) is 57.7 Å². The van der Waals surface area contributed by atoms with Gasteiger partial charge in [0.2, 0.25) is 0 Å². The second-order valence-electron chi connectivity index (χ2n) is 8.56. The molecule has 1 aromatic heterocycles. The number of rotatable bonds is 7. The number of aryl methyl sites for hydroxylation is 1. The minimum atomic E-state index is -0.114. The van der Waals surface area contributed by atoms with Gasteiger partial charge in [-0.2, -0.15) is 10.4 Å². The van der Waals surface area contributed by atoms with Crippen LogP contribution in [0.1, 0.15) is 49.9 Å². The van der Waals surface area contributed by atoms with E-state index >= 15 is 0 Å². The van der Waals surface area contributed by atoms with Gasteiger partial charge in [-0.3, -0.25) is 9.48 Å². The van der Waals surface area contributed by atoms with Crippen LogP contribution in [0.25, 0.3) is 11.1 Å². The van der Waals surface area contributed by atoms with E-state index in [1.54, 1.807) is 10.9 Å². The third-order valence-electron chi connectivity index (χ3n) is 6.45. The molecule has 4 atom stereocenters. The summed E-state index contributed by atoms with van der Waals surface area (Å²) in [6, 6.07) is 6.02. The molecule has 1 N–H and O–H groups in total. The van der Waals surface area contributed by atoms with Gasteiger partial charge in [-0.15, -0.1) is 0 Å². The van der Waals surface area contributed by atoms with E-state index in [1.807, 2.05) is 36.3 Å². The molecule has 0 aliphatic carbocycles. The van der Waals surface area contributed by atoms with Gasteiger partial charge in [-0.1, -0.05) is 20.3 Å².